The van der Waals surface area contributed by atoms with Crippen molar-refractivity contribution in [3.63, 3.8) is 0 Å². The summed E-state index contributed by atoms with van der Waals surface area (Å²) in [4.78, 5) is 12.6. The summed E-state index contributed by atoms with van der Waals surface area (Å²) in [6.45, 7) is 6.41. The van der Waals surface area contributed by atoms with Gasteiger partial charge in [0.2, 0.25) is 15.9 Å². The molecule has 146 valence electrons. The van der Waals surface area contributed by atoms with Crippen LogP contribution < -0.4 is 5.32 Å². The Morgan fingerprint density at radius 2 is 1.70 bits per heavy atom. The van der Waals surface area contributed by atoms with Crippen molar-refractivity contribution in [1.82, 2.24) is 14.1 Å². The minimum Gasteiger partial charge on any atom is -0.324 e. The van der Waals surface area contributed by atoms with Crippen LogP contribution >= 0.6 is 0 Å². The molecule has 0 atom stereocenters. The number of carbonyl (C=O) groups is 1. The number of benzene rings is 1. The molecule has 2 aromatic rings. The fraction of sp³-hybridized carbons (Fsp3) is 0.474. The van der Waals surface area contributed by atoms with Crippen molar-refractivity contribution in [1.29, 1.82) is 0 Å². The van der Waals surface area contributed by atoms with E-state index in [1.54, 1.807) is 13.8 Å². The zero-order chi connectivity index (χ0) is 19.6. The van der Waals surface area contributed by atoms with Crippen molar-refractivity contribution in [2.75, 3.05) is 18.4 Å². The fourth-order valence-electron chi connectivity index (χ4n) is 3.42. The normalized spacial score (nSPS) is 15.7. The second-order valence-corrected chi connectivity index (χ2v) is 8.91. The van der Waals surface area contributed by atoms with Crippen molar-refractivity contribution >= 4 is 21.6 Å². The molecule has 1 aliphatic heterocycles. The van der Waals surface area contributed by atoms with E-state index in [4.69, 9.17) is 0 Å². The van der Waals surface area contributed by atoms with Crippen molar-refractivity contribution in [2.24, 2.45) is 0 Å². The lowest BCUT2D eigenvalue weighted by Crippen LogP contribution is -2.36. The number of nitrogens with one attached hydrogen (secondary N) is 1. The molecule has 1 N–H and O–H groups in total. The van der Waals surface area contributed by atoms with Crippen LogP contribution in [-0.2, 0) is 21.4 Å². The highest BCUT2D eigenvalue weighted by molar-refractivity contribution is 7.89. The van der Waals surface area contributed by atoms with E-state index < -0.39 is 10.0 Å². The van der Waals surface area contributed by atoms with Gasteiger partial charge in [-0.1, -0.05) is 24.1 Å². The van der Waals surface area contributed by atoms with Crippen LogP contribution in [0.15, 0.2) is 29.2 Å². The lowest BCUT2D eigenvalue weighted by molar-refractivity contribution is -0.116. The predicted molar refractivity (Wildman–Crippen MR) is 104 cm³/mol. The standard InChI is InChI=1S/C19H26N4O3S/c1-14-7-9-17(10-8-14)20-18(24)13-23-16(3)19(15(2)21-23)27(25,26)22-11-5-4-6-12-22/h7-10H,4-6,11-13H2,1-3H3,(H,20,24). The van der Waals surface area contributed by atoms with Crippen LogP contribution in [0.5, 0.6) is 0 Å². The van der Waals surface area contributed by atoms with E-state index >= 15 is 0 Å². The Hall–Kier alpha value is -2.19. The zero-order valence-corrected chi connectivity index (χ0v) is 16.8. The molecule has 1 aromatic heterocycles. The Kier molecular flexibility index (Phi) is 5.67. The first-order valence-corrected chi connectivity index (χ1v) is 10.6. The Balaban J connectivity index is 1.78. The molecule has 7 nitrogen and oxygen atoms in total. The Morgan fingerprint density at radius 3 is 2.33 bits per heavy atom. The van der Waals surface area contributed by atoms with E-state index in [2.05, 4.69) is 10.4 Å². The monoisotopic (exact) mass is 390 g/mol. The number of sulfonamides is 1. The van der Waals surface area contributed by atoms with Crippen molar-refractivity contribution in [3.05, 3.63) is 41.2 Å². The lowest BCUT2D eigenvalue weighted by atomic mass is 10.2. The molecular weight excluding hydrogens is 364 g/mol. The molecule has 1 saturated heterocycles. The first-order valence-electron chi connectivity index (χ1n) is 9.19. The summed E-state index contributed by atoms with van der Waals surface area (Å²) in [5, 5.41) is 7.13. The molecule has 0 spiro atoms. The number of hydrogen-bond acceptors (Lipinski definition) is 4. The maximum absolute atomic E-state index is 13.0. The number of anilines is 1. The number of aryl methyl sites for hydroxylation is 2. The minimum absolute atomic E-state index is 0.0317. The fourth-order valence-corrected chi connectivity index (χ4v) is 5.31. The molecule has 3 rings (SSSR count). The van der Waals surface area contributed by atoms with Crippen LogP contribution in [0.25, 0.3) is 0 Å². The second kappa shape index (κ2) is 7.82. The highest BCUT2D eigenvalue weighted by Crippen LogP contribution is 2.26. The molecule has 1 amide bonds. The number of nitrogens with zero attached hydrogens (tertiary/aromatic N) is 3. The van der Waals surface area contributed by atoms with E-state index in [1.807, 2.05) is 31.2 Å². The number of piperidine rings is 1. The zero-order valence-electron chi connectivity index (χ0n) is 16.0. The van der Waals surface area contributed by atoms with Gasteiger partial charge in [0.05, 0.1) is 11.4 Å². The summed E-state index contributed by atoms with van der Waals surface area (Å²) >= 11 is 0. The minimum atomic E-state index is -3.58. The third kappa shape index (κ3) is 4.22. The lowest BCUT2D eigenvalue weighted by Gasteiger charge is -2.25. The van der Waals surface area contributed by atoms with Crippen LogP contribution in [0, 0.1) is 20.8 Å². The molecule has 0 radical (unpaired) electrons. The van der Waals surface area contributed by atoms with Crippen molar-refractivity contribution < 1.29 is 13.2 Å². The molecule has 8 heteroatoms. The molecule has 0 bridgehead atoms. The first kappa shape index (κ1) is 19.6. The summed E-state index contributed by atoms with van der Waals surface area (Å²) < 4.78 is 29.0. The number of hydrogen-bond donors (Lipinski definition) is 1. The summed E-state index contributed by atoms with van der Waals surface area (Å²) in [6.07, 6.45) is 2.82. The molecule has 1 aliphatic rings. The van der Waals surface area contributed by atoms with Gasteiger partial charge in [0.15, 0.2) is 0 Å². The quantitative estimate of drug-likeness (QED) is 0.851. The molecule has 0 unspecified atom stereocenters. The number of carbonyl (C=O) groups excluding carboxylic acids is 1. The predicted octanol–water partition coefficient (Wildman–Crippen LogP) is 2.62. The Labute approximate surface area is 160 Å². The van der Waals surface area contributed by atoms with Gasteiger partial charge in [-0.2, -0.15) is 9.40 Å². The van der Waals surface area contributed by atoms with Gasteiger partial charge >= 0.3 is 0 Å². The van der Waals surface area contributed by atoms with Crippen LogP contribution in [0.2, 0.25) is 0 Å². The van der Waals surface area contributed by atoms with Gasteiger partial charge in [0.25, 0.3) is 0 Å². The second-order valence-electron chi connectivity index (χ2n) is 7.04. The average molecular weight is 391 g/mol. The maximum Gasteiger partial charge on any atom is 0.246 e. The van der Waals surface area contributed by atoms with Gasteiger partial charge < -0.3 is 5.32 Å². The van der Waals surface area contributed by atoms with Gasteiger partial charge in [-0.15, -0.1) is 0 Å². The molecule has 1 aromatic carbocycles. The number of aromatic nitrogens is 2. The first-order chi connectivity index (χ1) is 12.8. The number of rotatable bonds is 5. The summed E-state index contributed by atoms with van der Waals surface area (Å²) in [6, 6.07) is 7.51. The van der Waals surface area contributed by atoms with Crippen LogP contribution in [-0.4, -0.2) is 41.5 Å². The van der Waals surface area contributed by atoms with E-state index in [9.17, 15) is 13.2 Å². The Bertz CT molecular complexity index is 927. The van der Waals surface area contributed by atoms with Crippen LogP contribution in [0.1, 0.15) is 36.2 Å². The van der Waals surface area contributed by atoms with E-state index in [0.717, 1.165) is 24.8 Å². The third-order valence-electron chi connectivity index (χ3n) is 4.86. The smallest absolute Gasteiger partial charge is 0.246 e. The van der Waals surface area contributed by atoms with Gasteiger partial charge in [-0.05, 0) is 45.7 Å². The average Bonchev–Trinajstić information content (AvgIpc) is 2.91. The molecule has 2 heterocycles. The van der Waals surface area contributed by atoms with Crippen LogP contribution in [0.4, 0.5) is 5.69 Å². The highest BCUT2D eigenvalue weighted by Gasteiger charge is 2.31. The van der Waals surface area contributed by atoms with Crippen molar-refractivity contribution in [3.8, 4) is 0 Å². The van der Waals surface area contributed by atoms with E-state index in [0.29, 0.717) is 30.2 Å². The summed E-state index contributed by atoms with van der Waals surface area (Å²) in [7, 11) is -3.58. The van der Waals surface area contributed by atoms with E-state index in [-0.39, 0.29) is 17.3 Å². The van der Waals surface area contributed by atoms with Gasteiger partial charge in [-0.3, -0.25) is 9.48 Å². The third-order valence-corrected chi connectivity index (χ3v) is 7.01. The molecule has 0 saturated carbocycles. The summed E-state index contributed by atoms with van der Waals surface area (Å²) in [5.41, 5.74) is 2.74. The molecule has 0 aliphatic carbocycles. The molecule has 1 fully saturated rings. The topological polar surface area (TPSA) is 84.3 Å². The summed E-state index contributed by atoms with van der Waals surface area (Å²) in [5.74, 6) is -0.244. The van der Waals surface area contributed by atoms with Gasteiger partial charge in [0.1, 0.15) is 11.4 Å². The van der Waals surface area contributed by atoms with Gasteiger partial charge in [0, 0.05) is 18.8 Å². The van der Waals surface area contributed by atoms with Crippen LogP contribution in [0.3, 0.4) is 0 Å². The molecular formula is C19H26N4O3S. The van der Waals surface area contributed by atoms with E-state index in [1.165, 1.54) is 8.99 Å². The van der Waals surface area contributed by atoms with Crippen molar-refractivity contribution in [2.45, 2.75) is 51.5 Å². The molecule has 27 heavy (non-hydrogen) atoms. The highest BCUT2D eigenvalue weighted by atomic mass is 32.2. The largest absolute Gasteiger partial charge is 0.324 e. The SMILES string of the molecule is Cc1ccc(NC(=O)Cn2nc(C)c(S(=O)(=O)N3CCCCC3)c2C)cc1. The maximum atomic E-state index is 13.0. The number of amides is 1. The van der Waals surface area contributed by atoms with Gasteiger partial charge in [-0.25, -0.2) is 8.42 Å². The Morgan fingerprint density at radius 1 is 1.07 bits per heavy atom.